The number of ether oxygens (including phenoxy) is 3. The van der Waals surface area contributed by atoms with Crippen molar-refractivity contribution in [2.45, 2.75) is 89.6 Å². The normalized spacial score (nSPS) is 23.1. The number of nitrogens with zero attached hydrogens (tertiary/aromatic N) is 2. The molecule has 2 amide bonds. The van der Waals surface area contributed by atoms with E-state index in [2.05, 4.69) is 24.9 Å². The summed E-state index contributed by atoms with van der Waals surface area (Å²) in [5.74, 6) is -1.28. The van der Waals surface area contributed by atoms with E-state index in [4.69, 9.17) is 24.2 Å². The van der Waals surface area contributed by atoms with Crippen LogP contribution in [-0.2, 0) is 16.2 Å². The van der Waals surface area contributed by atoms with Crippen LogP contribution in [0.3, 0.4) is 0 Å². The van der Waals surface area contributed by atoms with Crippen molar-refractivity contribution in [2.75, 3.05) is 32.9 Å². The average molecular weight is 844 g/mol. The zero-order valence-corrected chi connectivity index (χ0v) is 36.0. The third-order valence-electron chi connectivity index (χ3n) is 12.5. The number of carbonyl (C=O) groups is 2. The number of aliphatic hydroxyl groups excluding tert-OH is 2. The minimum atomic E-state index is -1.41. The van der Waals surface area contributed by atoms with Crippen LogP contribution >= 0.6 is 0 Å². The van der Waals surface area contributed by atoms with Crippen molar-refractivity contribution in [2.24, 2.45) is 22.9 Å². The Kier molecular flexibility index (Phi) is 15.1. The highest BCUT2D eigenvalue weighted by Gasteiger charge is 2.65. The molecule has 7 rings (SSSR count). The summed E-state index contributed by atoms with van der Waals surface area (Å²) >= 11 is 0. The summed E-state index contributed by atoms with van der Waals surface area (Å²) in [6.45, 7) is 9.37. The molecule has 1 fully saturated rings. The van der Waals surface area contributed by atoms with E-state index in [0.29, 0.717) is 55.1 Å². The average Bonchev–Trinajstić information content (AvgIpc) is 3.29. The quantitative estimate of drug-likeness (QED) is 0.0455. The number of aliphatic hydroxyl groups is 2. The second kappa shape index (κ2) is 21.1. The number of carbonyl (C=O) groups excluding carboxylic acids is 2. The Bertz CT molecular complexity index is 2230. The molecule has 62 heavy (non-hydrogen) atoms. The largest absolute Gasteiger partial charge is 0.459 e. The summed E-state index contributed by atoms with van der Waals surface area (Å²) in [5.41, 5.74) is 4.06. The number of benzene rings is 4. The molecule has 6 atom stereocenters. The summed E-state index contributed by atoms with van der Waals surface area (Å²) in [7, 11) is 0. The molecule has 1 aliphatic heterocycles. The fourth-order valence-electron chi connectivity index (χ4n) is 9.89. The number of oxime groups is 1. The first-order valence-corrected chi connectivity index (χ1v) is 22.3. The summed E-state index contributed by atoms with van der Waals surface area (Å²) in [6, 6.07) is 28.6. The van der Waals surface area contributed by atoms with Gasteiger partial charge in [0.1, 0.15) is 24.1 Å². The van der Waals surface area contributed by atoms with Gasteiger partial charge in [-0.15, -0.1) is 6.58 Å². The summed E-state index contributed by atoms with van der Waals surface area (Å²) < 4.78 is 20.3. The Balaban J connectivity index is 1.45. The van der Waals surface area contributed by atoms with Crippen molar-refractivity contribution in [3.05, 3.63) is 132 Å². The molecule has 0 radical (unpaired) electrons. The van der Waals surface area contributed by atoms with E-state index < -0.39 is 23.8 Å². The molecule has 3 N–H and O–H groups in total. The Labute approximate surface area is 365 Å². The lowest BCUT2D eigenvalue weighted by atomic mass is 9.55. The van der Waals surface area contributed by atoms with Crippen LogP contribution < -0.4 is 14.8 Å². The molecule has 2 aliphatic carbocycles. The number of hydrogen-bond donors (Lipinski definition) is 3. The second-order valence-electron chi connectivity index (χ2n) is 16.5. The van der Waals surface area contributed by atoms with Crippen molar-refractivity contribution in [1.29, 1.82) is 0 Å². The van der Waals surface area contributed by atoms with Crippen molar-refractivity contribution in [3.63, 3.8) is 0 Å². The monoisotopic (exact) mass is 843 g/mol. The molecule has 11 heteroatoms. The number of hydrogen-bond acceptors (Lipinski definition) is 9. The molecule has 1 heterocycles. The molecule has 0 saturated heterocycles. The van der Waals surface area contributed by atoms with E-state index in [1.807, 2.05) is 96.8 Å². The van der Waals surface area contributed by atoms with Crippen molar-refractivity contribution in [1.82, 2.24) is 10.2 Å². The highest BCUT2D eigenvalue weighted by Crippen LogP contribution is 2.62. The Hall–Kier alpha value is -5.49. The van der Waals surface area contributed by atoms with Gasteiger partial charge in [-0.05, 0) is 103 Å². The number of nitrogens with one attached hydrogen (secondary N) is 1. The molecule has 0 spiro atoms. The van der Waals surface area contributed by atoms with Crippen LogP contribution in [0, 0.1) is 17.8 Å². The van der Waals surface area contributed by atoms with Gasteiger partial charge in [0.15, 0.2) is 0 Å². The van der Waals surface area contributed by atoms with Gasteiger partial charge in [-0.2, -0.15) is 0 Å². The van der Waals surface area contributed by atoms with Gasteiger partial charge < -0.3 is 39.5 Å². The zero-order valence-electron chi connectivity index (χ0n) is 36.0. The maximum absolute atomic E-state index is 15.2. The fraction of sp³-hybridized carbons (Fsp3) is 0.431. The van der Waals surface area contributed by atoms with Gasteiger partial charge >= 0.3 is 6.09 Å². The van der Waals surface area contributed by atoms with Crippen LogP contribution in [0.5, 0.6) is 11.5 Å². The summed E-state index contributed by atoms with van der Waals surface area (Å²) in [5, 5.41) is 29.6. The lowest BCUT2D eigenvalue weighted by molar-refractivity contribution is -0.254. The first kappa shape index (κ1) is 44.6. The van der Waals surface area contributed by atoms with Gasteiger partial charge in [0, 0.05) is 49.8 Å². The first-order valence-electron chi connectivity index (χ1n) is 22.3. The molecular weight excluding hydrogens is 783 g/mol. The number of fused-ring (bicyclic) bond motifs is 3. The minimum Gasteiger partial charge on any atom is -0.459 e. The molecule has 4 aromatic rings. The lowest BCUT2D eigenvalue weighted by Gasteiger charge is -2.60. The highest BCUT2D eigenvalue weighted by molar-refractivity contribution is 6.04. The van der Waals surface area contributed by atoms with Gasteiger partial charge in [0.25, 0.3) is 5.91 Å². The second-order valence-corrected chi connectivity index (χ2v) is 16.5. The molecule has 11 nitrogen and oxygen atoms in total. The van der Waals surface area contributed by atoms with Gasteiger partial charge in [-0.25, -0.2) is 4.79 Å². The lowest BCUT2D eigenvalue weighted by Crippen LogP contribution is -2.70. The van der Waals surface area contributed by atoms with Gasteiger partial charge in [0.2, 0.25) is 5.79 Å². The number of rotatable bonds is 20. The van der Waals surface area contributed by atoms with E-state index in [-0.39, 0.29) is 56.5 Å². The van der Waals surface area contributed by atoms with E-state index in [1.54, 1.807) is 12.1 Å². The molecule has 0 aromatic heterocycles. The Morgan fingerprint density at radius 3 is 2.44 bits per heavy atom. The van der Waals surface area contributed by atoms with Crippen molar-refractivity contribution in [3.8, 4) is 11.5 Å². The predicted octanol–water partition coefficient (Wildman–Crippen LogP) is 9.33. The SMILES string of the molecule is C=CCOC12Oc3ccc(OC(=O)NCC)cc3C3C(CCCCO)C(CCCCO)C=C(C(=NOCc4ccccc4)CC1N(CCC)C(=O)c1ccc4ccccc4c1)C32. The van der Waals surface area contributed by atoms with E-state index in [0.717, 1.165) is 53.2 Å². The molecule has 328 valence electrons. The van der Waals surface area contributed by atoms with Crippen LogP contribution in [0.4, 0.5) is 4.79 Å². The molecule has 0 bridgehead atoms. The van der Waals surface area contributed by atoms with Gasteiger partial charge in [-0.3, -0.25) is 4.79 Å². The third-order valence-corrected chi connectivity index (χ3v) is 12.5. The van der Waals surface area contributed by atoms with E-state index in [1.165, 1.54) is 0 Å². The Morgan fingerprint density at radius 2 is 1.69 bits per heavy atom. The standard InChI is InChI=1S/C51H61N3O8/c1-4-26-54(49(57)39-23-22-36-18-10-11-19-37(36)30-39)46-33-44(53-60-34-35-16-8-7-9-17-35)42-31-38(20-12-14-27-55)41(21-13-15-28-56)47-43-32-40(61-50(58)52-6-3)24-25-45(43)62-51(46,48(42)47)59-29-5-2/h5,7-11,16-19,22-25,30-32,38,41,46-48,55-56H,2,4,6,12-15,20-21,26-29,33-34H2,1,3H3,(H,52,58). The molecule has 3 aliphatic rings. The topological polar surface area (TPSA) is 139 Å². The minimum absolute atomic E-state index is 0.0177. The van der Waals surface area contributed by atoms with Crippen molar-refractivity contribution >= 4 is 28.5 Å². The van der Waals surface area contributed by atoms with Crippen LogP contribution in [0.25, 0.3) is 10.8 Å². The van der Waals surface area contributed by atoms with Crippen LogP contribution in [0.2, 0.25) is 0 Å². The maximum Gasteiger partial charge on any atom is 0.412 e. The number of unbranched alkanes of at least 4 members (excludes halogenated alkanes) is 2. The molecule has 4 aromatic carbocycles. The van der Waals surface area contributed by atoms with Gasteiger partial charge in [0.05, 0.1) is 18.2 Å². The molecule has 6 unspecified atom stereocenters. The predicted molar refractivity (Wildman–Crippen MR) is 241 cm³/mol. The Morgan fingerprint density at radius 1 is 0.935 bits per heavy atom. The third kappa shape index (κ3) is 9.60. The number of allylic oxidation sites excluding steroid dienone is 1. The maximum atomic E-state index is 15.2. The van der Waals surface area contributed by atoms with Crippen molar-refractivity contribution < 1.29 is 38.9 Å². The highest BCUT2D eigenvalue weighted by atomic mass is 16.7. The first-order chi connectivity index (χ1) is 30.3. The molecular formula is C51H61N3O8. The van der Waals surface area contributed by atoms with E-state index >= 15 is 4.79 Å². The summed E-state index contributed by atoms with van der Waals surface area (Å²) in [6.07, 6.45) is 8.94. The summed E-state index contributed by atoms with van der Waals surface area (Å²) in [4.78, 5) is 36.2. The number of amides is 2. The molecule has 1 saturated carbocycles. The zero-order chi connectivity index (χ0) is 43.5. The van der Waals surface area contributed by atoms with Crippen LogP contribution in [0.1, 0.15) is 92.6 Å². The van der Waals surface area contributed by atoms with Crippen LogP contribution in [-0.4, -0.2) is 77.6 Å². The van der Waals surface area contributed by atoms with Gasteiger partial charge in [-0.1, -0.05) is 97.7 Å². The van der Waals surface area contributed by atoms with E-state index in [9.17, 15) is 15.0 Å². The smallest absolute Gasteiger partial charge is 0.412 e. The van der Waals surface area contributed by atoms with Crippen LogP contribution in [0.15, 0.2) is 120 Å². The fourth-order valence-corrected chi connectivity index (χ4v) is 9.89.